The van der Waals surface area contributed by atoms with Gasteiger partial charge in [0, 0.05) is 17.8 Å². The van der Waals surface area contributed by atoms with Gasteiger partial charge >= 0.3 is 12.1 Å². The molecule has 0 aliphatic heterocycles. The molecular weight excluding hydrogens is 307 g/mol. The number of benzene rings is 2. The van der Waals surface area contributed by atoms with E-state index in [0.717, 1.165) is 5.39 Å². The number of halogens is 3. The minimum absolute atomic E-state index is 0.00162. The van der Waals surface area contributed by atoms with Gasteiger partial charge in [-0.3, -0.25) is 0 Å². The Morgan fingerprint density at radius 3 is 2.48 bits per heavy atom. The summed E-state index contributed by atoms with van der Waals surface area (Å²) in [4.78, 5) is 12.1. The van der Waals surface area contributed by atoms with Gasteiger partial charge in [-0.15, -0.1) is 0 Å². The summed E-state index contributed by atoms with van der Waals surface area (Å²) in [7, 11) is 1.45. The van der Waals surface area contributed by atoms with Crippen LogP contribution in [0.5, 0.6) is 0 Å². The van der Waals surface area contributed by atoms with Gasteiger partial charge in [-0.2, -0.15) is 13.2 Å². The van der Waals surface area contributed by atoms with Crippen molar-refractivity contribution in [3.8, 4) is 0 Å². The van der Waals surface area contributed by atoms with E-state index in [9.17, 15) is 18.0 Å². The molecule has 0 saturated heterocycles. The molecule has 23 heavy (non-hydrogen) atoms. The van der Waals surface area contributed by atoms with Crippen LogP contribution in [0.4, 0.5) is 13.2 Å². The first-order valence-corrected chi connectivity index (χ1v) is 7.10. The van der Waals surface area contributed by atoms with Crippen LogP contribution in [0.15, 0.2) is 36.4 Å². The van der Waals surface area contributed by atoms with E-state index in [4.69, 9.17) is 4.74 Å². The Kier molecular flexibility index (Phi) is 3.55. The lowest BCUT2D eigenvalue weighted by Gasteiger charge is -2.09. The van der Waals surface area contributed by atoms with E-state index >= 15 is 0 Å². The third-order valence-corrected chi connectivity index (χ3v) is 3.83. The lowest BCUT2D eigenvalue weighted by atomic mass is 10.0. The second-order valence-corrected chi connectivity index (χ2v) is 5.18. The number of alkyl halides is 3. The fourth-order valence-electron chi connectivity index (χ4n) is 2.95. The fourth-order valence-corrected chi connectivity index (χ4v) is 2.95. The van der Waals surface area contributed by atoms with Crippen LogP contribution in [0, 0.1) is 0 Å². The lowest BCUT2D eigenvalue weighted by Crippen LogP contribution is -2.17. The van der Waals surface area contributed by atoms with Crippen molar-refractivity contribution in [2.45, 2.75) is 13.1 Å². The van der Waals surface area contributed by atoms with Crippen LogP contribution in [0.25, 0.3) is 21.7 Å². The predicted octanol–water partition coefficient (Wildman–Crippen LogP) is 4.53. The third-order valence-electron chi connectivity index (χ3n) is 3.83. The molecule has 1 aromatic heterocycles. The van der Waals surface area contributed by atoms with Crippen LogP contribution >= 0.6 is 0 Å². The molecule has 0 radical (unpaired) electrons. The summed E-state index contributed by atoms with van der Waals surface area (Å²) >= 11 is 0. The van der Waals surface area contributed by atoms with E-state index in [2.05, 4.69) is 0 Å². The first kappa shape index (κ1) is 15.4. The minimum Gasteiger partial charge on any atom is -0.461 e. The molecule has 0 N–H and O–H groups in total. The largest absolute Gasteiger partial charge is 0.461 e. The minimum atomic E-state index is -4.65. The van der Waals surface area contributed by atoms with Crippen molar-refractivity contribution in [3.63, 3.8) is 0 Å². The van der Waals surface area contributed by atoms with E-state index in [-0.39, 0.29) is 12.0 Å². The zero-order valence-corrected chi connectivity index (χ0v) is 12.6. The summed E-state index contributed by atoms with van der Waals surface area (Å²) in [6, 6.07) is 10.2. The van der Waals surface area contributed by atoms with Crippen LogP contribution in [0.3, 0.4) is 0 Å². The van der Waals surface area contributed by atoms with Gasteiger partial charge < -0.3 is 9.30 Å². The Balaban J connectivity index is 2.48. The van der Waals surface area contributed by atoms with Crippen molar-refractivity contribution in [3.05, 3.63) is 47.7 Å². The van der Waals surface area contributed by atoms with E-state index in [1.807, 2.05) is 12.1 Å². The van der Waals surface area contributed by atoms with Gasteiger partial charge in [0.25, 0.3) is 0 Å². The molecule has 3 rings (SSSR count). The zero-order valence-electron chi connectivity index (χ0n) is 12.6. The average Bonchev–Trinajstić information content (AvgIpc) is 2.81. The standard InChI is InChI=1S/C17H14F3NO2/c1-3-23-16(22)15-13(17(18,19)20)12-9-8-10-6-4-5-7-11(10)14(12)21(15)2/h4-9H,3H2,1-2H3. The molecule has 2 aromatic carbocycles. The van der Waals surface area contributed by atoms with Crippen LogP contribution < -0.4 is 0 Å². The molecule has 0 bridgehead atoms. The molecule has 1 heterocycles. The number of aromatic nitrogens is 1. The van der Waals surface area contributed by atoms with Gasteiger partial charge in [0.1, 0.15) is 5.69 Å². The monoisotopic (exact) mass is 321 g/mol. The SMILES string of the molecule is CCOC(=O)c1c(C(F)(F)F)c2ccc3ccccc3c2n1C. The fraction of sp³-hybridized carbons (Fsp3) is 0.235. The second kappa shape index (κ2) is 5.30. The van der Waals surface area contributed by atoms with E-state index in [1.165, 1.54) is 17.7 Å². The maximum Gasteiger partial charge on any atom is 0.419 e. The Morgan fingerprint density at radius 1 is 1.13 bits per heavy atom. The molecule has 3 aromatic rings. The molecule has 0 spiro atoms. The Bertz CT molecular complexity index is 909. The molecule has 0 aliphatic carbocycles. The first-order valence-electron chi connectivity index (χ1n) is 7.10. The predicted molar refractivity (Wildman–Crippen MR) is 81.4 cm³/mol. The third kappa shape index (κ3) is 2.34. The topological polar surface area (TPSA) is 31.2 Å². The highest BCUT2D eigenvalue weighted by atomic mass is 19.4. The van der Waals surface area contributed by atoms with Crippen molar-refractivity contribution >= 4 is 27.6 Å². The number of carbonyl (C=O) groups excluding carboxylic acids is 1. The van der Waals surface area contributed by atoms with E-state index in [1.54, 1.807) is 25.1 Å². The summed E-state index contributed by atoms with van der Waals surface area (Å²) in [5.41, 5.74) is -1.04. The van der Waals surface area contributed by atoms with Crippen molar-refractivity contribution in [1.29, 1.82) is 0 Å². The number of hydrogen-bond acceptors (Lipinski definition) is 2. The molecule has 0 fully saturated rings. The van der Waals surface area contributed by atoms with E-state index < -0.39 is 23.4 Å². The highest BCUT2D eigenvalue weighted by Gasteiger charge is 2.41. The molecule has 120 valence electrons. The number of fused-ring (bicyclic) bond motifs is 3. The van der Waals surface area contributed by atoms with Gasteiger partial charge in [-0.1, -0.05) is 36.4 Å². The molecule has 0 unspecified atom stereocenters. The van der Waals surface area contributed by atoms with Crippen LogP contribution in [0.2, 0.25) is 0 Å². The highest BCUT2D eigenvalue weighted by Crippen LogP contribution is 2.41. The number of esters is 1. The summed E-state index contributed by atoms with van der Waals surface area (Å²) < 4.78 is 46.8. The second-order valence-electron chi connectivity index (χ2n) is 5.18. The van der Waals surface area contributed by atoms with Crippen molar-refractivity contribution < 1.29 is 22.7 Å². The van der Waals surface area contributed by atoms with Gasteiger partial charge in [0.15, 0.2) is 0 Å². The normalized spacial score (nSPS) is 12.0. The van der Waals surface area contributed by atoms with Crippen molar-refractivity contribution in [1.82, 2.24) is 4.57 Å². The average molecular weight is 321 g/mol. The number of nitrogens with zero attached hydrogens (tertiary/aromatic N) is 1. The van der Waals surface area contributed by atoms with Crippen molar-refractivity contribution in [2.24, 2.45) is 7.05 Å². The van der Waals surface area contributed by atoms with Crippen molar-refractivity contribution in [2.75, 3.05) is 6.61 Å². The Hall–Kier alpha value is -2.50. The van der Waals surface area contributed by atoms with E-state index in [0.29, 0.717) is 10.9 Å². The maximum absolute atomic E-state index is 13.6. The van der Waals surface area contributed by atoms with Gasteiger partial charge in [0.2, 0.25) is 0 Å². The summed E-state index contributed by atoms with van der Waals surface area (Å²) in [6.07, 6.45) is -4.65. The molecule has 3 nitrogen and oxygen atoms in total. The number of hydrogen-bond donors (Lipinski definition) is 0. The molecule has 0 aliphatic rings. The Morgan fingerprint density at radius 2 is 1.83 bits per heavy atom. The molecule has 0 atom stereocenters. The van der Waals surface area contributed by atoms with Gasteiger partial charge in [-0.25, -0.2) is 4.79 Å². The number of aryl methyl sites for hydroxylation is 1. The number of ether oxygens (including phenoxy) is 1. The van der Waals surface area contributed by atoms with Gasteiger partial charge in [0.05, 0.1) is 17.7 Å². The van der Waals surface area contributed by atoms with Gasteiger partial charge in [-0.05, 0) is 12.3 Å². The molecular formula is C17H14F3NO2. The van der Waals surface area contributed by atoms with Crippen LogP contribution in [-0.4, -0.2) is 17.1 Å². The number of rotatable bonds is 2. The van der Waals surface area contributed by atoms with Crippen LogP contribution in [0.1, 0.15) is 23.0 Å². The first-order chi connectivity index (χ1) is 10.9. The molecule has 0 amide bonds. The highest BCUT2D eigenvalue weighted by molar-refractivity contribution is 6.11. The Labute approximate surface area is 130 Å². The summed E-state index contributed by atoms with van der Waals surface area (Å²) in [6.45, 7) is 1.57. The smallest absolute Gasteiger partial charge is 0.419 e. The quantitative estimate of drug-likeness (QED) is 0.650. The lowest BCUT2D eigenvalue weighted by molar-refractivity contribution is -0.137. The summed E-state index contributed by atoms with van der Waals surface area (Å²) in [5.74, 6) is -0.970. The summed E-state index contributed by atoms with van der Waals surface area (Å²) in [5, 5.41) is 1.47. The maximum atomic E-state index is 13.6. The number of carbonyl (C=O) groups is 1. The molecule has 6 heteroatoms. The zero-order chi connectivity index (χ0) is 16.8. The van der Waals surface area contributed by atoms with Crippen LogP contribution in [-0.2, 0) is 18.0 Å². The molecule has 0 saturated carbocycles.